The Morgan fingerprint density at radius 1 is 0.719 bits per heavy atom. The molecule has 1 aliphatic rings. The Labute approximate surface area is 192 Å². The molecule has 168 valence electrons. The number of rotatable bonds is 7. The molecule has 1 fully saturated rings. The van der Waals surface area contributed by atoms with Gasteiger partial charge in [0.15, 0.2) is 0 Å². The molecule has 0 amide bonds. The van der Waals surface area contributed by atoms with Crippen LogP contribution in [-0.4, -0.2) is 55.9 Å². The van der Waals surface area contributed by atoms with Crippen molar-refractivity contribution < 1.29 is 25.2 Å². The largest absolute Gasteiger partial charge is 0.394 e. The number of aliphatic hydroxyl groups is 4. The van der Waals surface area contributed by atoms with Crippen LogP contribution in [0.15, 0.2) is 95.9 Å². The van der Waals surface area contributed by atoms with E-state index in [0.29, 0.717) is 0 Å². The molecule has 1 heterocycles. The van der Waals surface area contributed by atoms with Crippen LogP contribution in [0.1, 0.15) is 11.1 Å². The zero-order chi connectivity index (χ0) is 22.6. The Morgan fingerprint density at radius 2 is 1.19 bits per heavy atom. The van der Waals surface area contributed by atoms with Gasteiger partial charge in [-0.15, -0.1) is 0 Å². The molecule has 0 saturated carbocycles. The first-order chi connectivity index (χ1) is 15.5. The van der Waals surface area contributed by atoms with Gasteiger partial charge in [-0.25, -0.2) is 0 Å². The molecule has 0 aliphatic carbocycles. The fraction of sp³-hybridized carbons (Fsp3) is 0.308. The minimum Gasteiger partial charge on any atom is -0.394 e. The van der Waals surface area contributed by atoms with Gasteiger partial charge >= 0.3 is 0 Å². The molecule has 3 aromatic rings. The maximum Gasteiger partial charge on any atom is 0.140 e. The summed E-state index contributed by atoms with van der Waals surface area (Å²) in [5.74, 6) is 0. The fourth-order valence-electron chi connectivity index (χ4n) is 4.31. The first-order valence-electron chi connectivity index (χ1n) is 10.6. The lowest BCUT2D eigenvalue weighted by molar-refractivity contribution is -0.300. The van der Waals surface area contributed by atoms with Gasteiger partial charge in [-0.1, -0.05) is 90.6 Å². The van der Waals surface area contributed by atoms with Crippen molar-refractivity contribution >= 4 is 11.8 Å². The van der Waals surface area contributed by atoms with Gasteiger partial charge in [-0.2, -0.15) is 0 Å². The van der Waals surface area contributed by atoms with E-state index in [-0.39, 0.29) is 12.8 Å². The van der Waals surface area contributed by atoms with Gasteiger partial charge in [0.25, 0.3) is 0 Å². The number of thioether (sulfide) groups is 1. The zero-order valence-corrected chi connectivity index (χ0v) is 18.4. The highest BCUT2D eigenvalue weighted by Gasteiger charge is 2.64. The second kappa shape index (κ2) is 9.75. The first kappa shape index (κ1) is 23.0. The third-order valence-electron chi connectivity index (χ3n) is 6.08. The second-order valence-electron chi connectivity index (χ2n) is 8.24. The highest BCUT2D eigenvalue weighted by molar-refractivity contribution is 7.99. The Hall–Kier alpha value is -2.19. The quantitative estimate of drug-likeness (QED) is 0.441. The fourth-order valence-corrected chi connectivity index (χ4v) is 5.55. The Bertz CT molecular complexity index is 987. The van der Waals surface area contributed by atoms with Gasteiger partial charge in [0.05, 0.1) is 6.61 Å². The lowest BCUT2D eigenvalue weighted by Crippen LogP contribution is -2.75. The van der Waals surface area contributed by atoms with Crippen LogP contribution in [0.3, 0.4) is 0 Å². The van der Waals surface area contributed by atoms with Gasteiger partial charge in [0.1, 0.15) is 28.8 Å². The molecule has 5 nitrogen and oxygen atoms in total. The van der Waals surface area contributed by atoms with Crippen molar-refractivity contribution in [3.63, 3.8) is 0 Å². The highest BCUT2D eigenvalue weighted by atomic mass is 32.2. The van der Waals surface area contributed by atoms with Crippen LogP contribution >= 0.6 is 11.8 Å². The minimum atomic E-state index is -1.97. The van der Waals surface area contributed by atoms with E-state index in [1.807, 2.05) is 91.0 Å². The third kappa shape index (κ3) is 4.48. The SMILES string of the molecule is OC[C@H]1O[C@@H](Sc2ccccc2)[C@](O)(Cc2ccccc2)[C@](O)(Cc2ccccc2)[C@@H]1O. The van der Waals surface area contributed by atoms with E-state index in [2.05, 4.69) is 0 Å². The smallest absolute Gasteiger partial charge is 0.140 e. The molecule has 4 N–H and O–H groups in total. The molecule has 6 heteroatoms. The molecule has 4 rings (SSSR count). The van der Waals surface area contributed by atoms with E-state index in [1.165, 1.54) is 11.8 Å². The van der Waals surface area contributed by atoms with E-state index >= 15 is 0 Å². The Kier molecular flexibility index (Phi) is 7.00. The van der Waals surface area contributed by atoms with E-state index < -0.39 is 35.5 Å². The molecular weight excluding hydrogens is 424 g/mol. The molecule has 0 bridgehead atoms. The summed E-state index contributed by atoms with van der Waals surface area (Å²) in [4.78, 5) is 0.846. The monoisotopic (exact) mass is 452 g/mol. The lowest BCUT2D eigenvalue weighted by atomic mass is 9.69. The van der Waals surface area contributed by atoms with Gasteiger partial charge in [-0.05, 0) is 23.3 Å². The number of aliphatic hydroxyl groups excluding tert-OH is 2. The van der Waals surface area contributed by atoms with Crippen molar-refractivity contribution in [2.75, 3.05) is 6.61 Å². The van der Waals surface area contributed by atoms with E-state index in [9.17, 15) is 20.4 Å². The number of hydrogen-bond acceptors (Lipinski definition) is 6. The first-order valence-corrected chi connectivity index (χ1v) is 11.5. The highest BCUT2D eigenvalue weighted by Crippen LogP contribution is 2.47. The molecule has 1 saturated heterocycles. The lowest BCUT2D eigenvalue weighted by Gasteiger charge is -2.55. The van der Waals surface area contributed by atoms with Crippen LogP contribution < -0.4 is 0 Å². The predicted molar refractivity (Wildman–Crippen MR) is 124 cm³/mol. The molecule has 0 radical (unpaired) electrons. The Morgan fingerprint density at radius 3 is 1.69 bits per heavy atom. The summed E-state index contributed by atoms with van der Waals surface area (Å²) in [5, 5.41) is 45.3. The van der Waals surface area contributed by atoms with Crippen molar-refractivity contribution in [1.29, 1.82) is 0 Å². The predicted octanol–water partition coefficient (Wildman–Crippen LogP) is 2.80. The summed E-state index contributed by atoms with van der Waals surface area (Å²) >= 11 is 1.27. The zero-order valence-electron chi connectivity index (χ0n) is 17.6. The standard InChI is InChI=1S/C26H28O5S/c27-18-22-23(28)25(29,16-19-10-4-1-5-11-19)26(30,17-20-12-6-2-7-13-20)24(31-22)32-21-14-8-3-9-15-21/h1-15,22-24,27-30H,16-18H2/t22-,23-,24+,25+,26-/m1/s1. The van der Waals surface area contributed by atoms with E-state index in [0.717, 1.165) is 16.0 Å². The molecular formula is C26H28O5S. The van der Waals surface area contributed by atoms with Crippen molar-refractivity contribution in [1.82, 2.24) is 0 Å². The molecule has 1 aliphatic heterocycles. The van der Waals surface area contributed by atoms with Crippen LogP contribution in [-0.2, 0) is 17.6 Å². The van der Waals surface area contributed by atoms with Crippen molar-refractivity contribution in [3.8, 4) is 0 Å². The summed E-state index contributed by atoms with van der Waals surface area (Å²) < 4.78 is 6.03. The van der Waals surface area contributed by atoms with Crippen LogP contribution in [0.4, 0.5) is 0 Å². The molecule has 32 heavy (non-hydrogen) atoms. The number of benzene rings is 3. The molecule has 5 atom stereocenters. The average molecular weight is 453 g/mol. The summed E-state index contributed by atoms with van der Waals surface area (Å²) in [7, 11) is 0. The second-order valence-corrected chi connectivity index (χ2v) is 9.37. The molecule has 0 aromatic heterocycles. The molecule has 0 spiro atoms. The van der Waals surface area contributed by atoms with Gasteiger partial charge < -0.3 is 25.2 Å². The third-order valence-corrected chi connectivity index (χ3v) is 7.34. The van der Waals surface area contributed by atoms with Crippen LogP contribution in [0, 0.1) is 0 Å². The van der Waals surface area contributed by atoms with Gasteiger partial charge in [-0.3, -0.25) is 0 Å². The summed E-state index contributed by atoms with van der Waals surface area (Å²) in [6.45, 7) is -0.481. The van der Waals surface area contributed by atoms with Crippen LogP contribution in [0.25, 0.3) is 0 Å². The number of hydrogen-bond donors (Lipinski definition) is 4. The summed E-state index contributed by atoms with van der Waals surface area (Å²) in [6.07, 6.45) is -2.46. The van der Waals surface area contributed by atoms with Gasteiger partial charge in [0, 0.05) is 17.7 Å². The molecule has 3 aromatic carbocycles. The van der Waals surface area contributed by atoms with E-state index in [1.54, 1.807) is 0 Å². The normalized spacial score (nSPS) is 30.2. The summed E-state index contributed by atoms with van der Waals surface area (Å²) in [6, 6.07) is 28.1. The maximum absolute atomic E-state index is 12.2. The Balaban J connectivity index is 1.79. The van der Waals surface area contributed by atoms with Crippen molar-refractivity contribution in [2.45, 2.75) is 46.6 Å². The van der Waals surface area contributed by atoms with E-state index in [4.69, 9.17) is 4.74 Å². The topological polar surface area (TPSA) is 90.2 Å². The molecule has 0 unspecified atom stereocenters. The summed E-state index contributed by atoms with van der Waals surface area (Å²) in [5.41, 5.74) is -3.18. The van der Waals surface area contributed by atoms with Crippen LogP contribution in [0.2, 0.25) is 0 Å². The van der Waals surface area contributed by atoms with Gasteiger partial charge in [0.2, 0.25) is 0 Å². The van der Waals surface area contributed by atoms with Crippen molar-refractivity contribution in [3.05, 3.63) is 102 Å². The van der Waals surface area contributed by atoms with Crippen LogP contribution in [0.5, 0.6) is 0 Å². The average Bonchev–Trinajstić information content (AvgIpc) is 2.82. The maximum atomic E-state index is 12.2. The number of ether oxygens (including phenoxy) is 1. The van der Waals surface area contributed by atoms with Crippen molar-refractivity contribution in [2.24, 2.45) is 0 Å². The minimum absolute atomic E-state index is 0.00402.